The van der Waals surface area contributed by atoms with Gasteiger partial charge in [-0.25, -0.2) is 18.2 Å². The van der Waals surface area contributed by atoms with Crippen LogP contribution in [0, 0.1) is 24.4 Å². The quantitative estimate of drug-likeness (QED) is 0.174. The summed E-state index contributed by atoms with van der Waals surface area (Å²) < 4.78 is 55.5. The SMILES string of the molecule is CCOc1ccn(-c2ccc(F)cc2)c(=O)c1CC(=O)Nc1ccc(Oc2ccnc3[nH]cc(-c4ccc(F)c(C)c4)c23)c(F)c1. The Balaban J connectivity index is 1.23. The predicted octanol–water partition coefficient (Wildman–Crippen LogP) is 7.48. The number of ether oxygens (including phenoxy) is 2. The van der Waals surface area contributed by atoms with Crippen LogP contribution >= 0.6 is 0 Å². The molecular weight excluding hydrogens is 597 g/mol. The first kappa shape index (κ1) is 30.2. The molecule has 0 spiro atoms. The molecule has 0 atom stereocenters. The topological polar surface area (TPSA) is 98.2 Å². The number of nitrogens with zero attached hydrogens (tertiary/aromatic N) is 2. The van der Waals surface area contributed by atoms with Crippen LogP contribution in [-0.4, -0.2) is 27.0 Å². The number of hydrogen-bond donors (Lipinski definition) is 2. The first-order valence-corrected chi connectivity index (χ1v) is 14.3. The fourth-order valence-corrected chi connectivity index (χ4v) is 5.12. The summed E-state index contributed by atoms with van der Waals surface area (Å²) in [7, 11) is 0. The Morgan fingerprint density at radius 1 is 0.935 bits per heavy atom. The van der Waals surface area contributed by atoms with Crippen molar-refractivity contribution >= 4 is 22.6 Å². The van der Waals surface area contributed by atoms with Crippen LogP contribution in [0.15, 0.2) is 96.2 Å². The van der Waals surface area contributed by atoms with Crippen LogP contribution in [0.4, 0.5) is 18.9 Å². The number of hydrogen-bond acceptors (Lipinski definition) is 5. The number of carbonyl (C=O) groups is 1. The second kappa shape index (κ2) is 12.6. The van der Waals surface area contributed by atoms with Crippen LogP contribution in [-0.2, 0) is 11.2 Å². The first-order chi connectivity index (χ1) is 22.2. The normalized spacial score (nSPS) is 11.1. The maximum absolute atomic E-state index is 15.3. The lowest BCUT2D eigenvalue weighted by molar-refractivity contribution is -0.115. The molecule has 0 radical (unpaired) electrons. The summed E-state index contributed by atoms with van der Waals surface area (Å²) >= 11 is 0. The van der Waals surface area contributed by atoms with E-state index < -0.39 is 23.1 Å². The number of pyridine rings is 2. The highest BCUT2D eigenvalue weighted by atomic mass is 19.1. The van der Waals surface area contributed by atoms with Gasteiger partial charge in [0.15, 0.2) is 11.6 Å². The van der Waals surface area contributed by atoms with Crippen molar-refractivity contribution in [1.82, 2.24) is 14.5 Å². The third-order valence-electron chi connectivity index (χ3n) is 7.33. The molecule has 232 valence electrons. The number of aryl methyl sites for hydroxylation is 1. The minimum Gasteiger partial charge on any atom is -0.493 e. The van der Waals surface area contributed by atoms with Crippen molar-refractivity contribution in [1.29, 1.82) is 0 Å². The number of halogens is 3. The first-order valence-electron chi connectivity index (χ1n) is 14.3. The summed E-state index contributed by atoms with van der Waals surface area (Å²) in [6.45, 7) is 3.68. The standard InChI is InChI=1S/C35H27F3N4O4/c1-3-45-29-13-15-42(24-8-5-22(36)6-9-24)35(44)25(29)18-32(43)41-23-7-11-30(28(38)17-23)46-31-12-14-39-34-33(31)26(19-40-34)21-4-10-27(37)20(2)16-21/h4-17,19H,3,18H2,1-2H3,(H,39,40)(H,41,43). The predicted molar refractivity (Wildman–Crippen MR) is 168 cm³/mol. The maximum atomic E-state index is 15.3. The second-order valence-corrected chi connectivity index (χ2v) is 10.4. The van der Waals surface area contributed by atoms with Crippen LogP contribution in [0.3, 0.4) is 0 Å². The number of nitrogens with one attached hydrogen (secondary N) is 2. The van der Waals surface area contributed by atoms with E-state index in [4.69, 9.17) is 9.47 Å². The molecule has 0 unspecified atom stereocenters. The van der Waals surface area contributed by atoms with Crippen molar-refractivity contribution in [2.24, 2.45) is 0 Å². The summed E-state index contributed by atoms with van der Waals surface area (Å²) in [5, 5.41) is 3.21. The van der Waals surface area contributed by atoms with Gasteiger partial charge in [0.25, 0.3) is 5.56 Å². The molecule has 3 heterocycles. The second-order valence-electron chi connectivity index (χ2n) is 10.4. The molecule has 0 aliphatic rings. The zero-order valence-corrected chi connectivity index (χ0v) is 24.7. The summed E-state index contributed by atoms with van der Waals surface area (Å²) in [5.41, 5.74) is 2.56. The van der Waals surface area contributed by atoms with E-state index >= 15 is 4.39 Å². The third kappa shape index (κ3) is 6.07. The number of H-pyrrole nitrogens is 1. The summed E-state index contributed by atoms with van der Waals surface area (Å²) in [5.74, 6) is -1.64. The molecule has 0 aliphatic heterocycles. The number of fused-ring (bicyclic) bond motifs is 1. The van der Waals surface area contributed by atoms with Gasteiger partial charge in [0.1, 0.15) is 28.8 Å². The number of aromatic nitrogens is 3. The fourth-order valence-electron chi connectivity index (χ4n) is 5.12. The molecule has 3 aromatic carbocycles. The number of rotatable bonds is 9. The van der Waals surface area contributed by atoms with E-state index in [1.807, 2.05) is 0 Å². The molecule has 3 aromatic heterocycles. The maximum Gasteiger partial charge on any atom is 0.262 e. The van der Waals surface area contributed by atoms with Gasteiger partial charge in [-0.3, -0.25) is 14.2 Å². The van der Waals surface area contributed by atoms with Gasteiger partial charge in [-0.2, -0.15) is 0 Å². The number of carbonyl (C=O) groups excluding carboxylic acids is 1. The van der Waals surface area contributed by atoms with Crippen LogP contribution in [0.2, 0.25) is 0 Å². The molecule has 11 heteroatoms. The van der Waals surface area contributed by atoms with Crippen LogP contribution in [0.1, 0.15) is 18.1 Å². The largest absolute Gasteiger partial charge is 0.493 e. The van der Waals surface area contributed by atoms with Gasteiger partial charge in [0.2, 0.25) is 5.91 Å². The summed E-state index contributed by atoms with van der Waals surface area (Å²) in [4.78, 5) is 33.8. The van der Waals surface area contributed by atoms with E-state index in [2.05, 4.69) is 15.3 Å². The lowest BCUT2D eigenvalue weighted by atomic mass is 10.0. The highest BCUT2D eigenvalue weighted by Gasteiger charge is 2.19. The highest BCUT2D eigenvalue weighted by molar-refractivity contribution is 5.98. The Kier molecular flexibility index (Phi) is 8.30. The molecule has 1 amide bonds. The molecule has 0 fully saturated rings. The van der Waals surface area contributed by atoms with Gasteiger partial charge < -0.3 is 19.8 Å². The average molecular weight is 625 g/mol. The Hall–Kier alpha value is -5.84. The lowest BCUT2D eigenvalue weighted by Crippen LogP contribution is -2.26. The molecule has 46 heavy (non-hydrogen) atoms. The average Bonchev–Trinajstić information content (AvgIpc) is 3.48. The van der Waals surface area contributed by atoms with Gasteiger partial charge in [-0.15, -0.1) is 0 Å². The van der Waals surface area contributed by atoms with E-state index in [-0.39, 0.29) is 41.6 Å². The van der Waals surface area contributed by atoms with Crippen LogP contribution in [0.25, 0.3) is 27.8 Å². The fraction of sp³-hybridized carbons (Fsp3) is 0.114. The van der Waals surface area contributed by atoms with E-state index in [0.717, 1.165) is 11.6 Å². The minimum absolute atomic E-state index is 0.0898. The van der Waals surface area contributed by atoms with E-state index in [1.165, 1.54) is 59.4 Å². The third-order valence-corrected chi connectivity index (χ3v) is 7.33. The van der Waals surface area contributed by atoms with Crippen molar-refractivity contribution in [2.75, 3.05) is 11.9 Å². The number of anilines is 1. The van der Waals surface area contributed by atoms with Crippen molar-refractivity contribution in [3.8, 4) is 34.1 Å². The van der Waals surface area contributed by atoms with Crippen molar-refractivity contribution in [2.45, 2.75) is 20.3 Å². The molecule has 0 aliphatic carbocycles. The van der Waals surface area contributed by atoms with Crippen LogP contribution in [0.5, 0.6) is 17.2 Å². The van der Waals surface area contributed by atoms with Gasteiger partial charge in [0, 0.05) is 41.6 Å². The Bertz CT molecular complexity index is 2140. The van der Waals surface area contributed by atoms with Gasteiger partial charge >= 0.3 is 0 Å². The Morgan fingerprint density at radius 3 is 2.48 bits per heavy atom. The smallest absolute Gasteiger partial charge is 0.262 e. The van der Waals surface area contributed by atoms with Crippen molar-refractivity contribution in [3.63, 3.8) is 0 Å². The van der Waals surface area contributed by atoms with Crippen molar-refractivity contribution in [3.05, 3.63) is 130 Å². The molecule has 6 aromatic rings. The molecule has 0 bridgehead atoms. The van der Waals surface area contributed by atoms with Gasteiger partial charge in [0.05, 0.1) is 24.0 Å². The zero-order valence-electron chi connectivity index (χ0n) is 24.7. The highest BCUT2D eigenvalue weighted by Crippen LogP contribution is 2.38. The monoisotopic (exact) mass is 624 g/mol. The van der Waals surface area contributed by atoms with E-state index in [9.17, 15) is 18.4 Å². The molecule has 2 N–H and O–H groups in total. The lowest BCUT2D eigenvalue weighted by Gasteiger charge is -2.14. The Morgan fingerprint density at radius 2 is 1.74 bits per heavy atom. The molecule has 6 rings (SSSR count). The summed E-state index contributed by atoms with van der Waals surface area (Å²) in [6.07, 6.45) is 4.38. The summed E-state index contributed by atoms with van der Waals surface area (Å²) in [6, 6.07) is 17.2. The number of aromatic amines is 1. The van der Waals surface area contributed by atoms with Gasteiger partial charge in [-0.1, -0.05) is 6.07 Å². The zero-order chi connectivity index (χ0) is 32.4. The van der Waals surface area contributed by atoms with Crippen molar-refractivity contribution < 1.29 is 27.4 Å². The minimum atomic E-state index is -0.745. The van der Waals surface area contributed by atoms with Crippen LogP contribution < -0.4 is 20.3 Å². The van der Waals surface area contributed by atoms with E-state index in [1.54, 1.807) is 44.3 Å². The molecular formula is C35H27F3N4O4. The molecule has 8 nitrogen and oxygen atoms in total. The molecule has 0 saturated heterocycles. The molecule has 0 saturated carbocycles. The number of benzene rings is 3. The van der Waals surface area contributed by atoms with Gasteiger partial charge in [-0.05, 0) is 85.6 Å². The van der Waals surface area contributed by atoms with E-state index in [0.29, 0.717) is 33.6 Å². The Labute approximate surface area is 261 Å². The number of amides is 1.